The molecule has 0 spiro atoms. The van der Waals surface area contributed by atoms with Gasteiger partial charge >= 0.3 is 0 Å². The first-order valence-electron chi connectivity index (χ1n) is 8.80. The van der Waals surface area contributed by atoms with E-state index in [1.165, 1.54) is 4.90 Å². The molecule has 0 aliphatic rings. The van der Waals surface area contributed by atoms with Crippen LogP contribution < -0.4 is 21.7 Å². The highest BCUT2D eigenvalue weighted by molar-refractivity contribution is 7.09. The molecule has 1 heterocycles. The van der Waals surface area contributed by atoms with Gasteiger partial charge in [0, 0.05) is 11.2 Å². The average molecular weight is 404 g/mol. The van der Waals surface area contributed by atoms with Crippen LogP contribution in [0, 0.1) is 6.92 Å². The number of amides is 3. The second-order valence-corrected chi connectivity index (χ2v) is 7.92. The zero-order valence-corrected chi connectivity index (χ0v) is 17.2. The van der Waals surface area contributed by atoms with Crippen molar-refractivity contribution in [1.29, 1.82) is 0 Å². The zero-order chi connectivity index (χ0) is 21.1. The van der Waals surface area contributed by atoms with Crippen molar-refractivity contribution in [2.45, 2.75) is 39.7 Å². The Hall–Kier alpha value is -2.94. The molecule has 2 aromatic rings. The molecule has 0 aliphatic carbocycles. The highest BCUT2D eigenvalue weighted by atomic mass is 32.1. The van der Waals surface area contributed by atoms with Crippen LogP contribution in [0.2, 0.25) is 0 Å². The molecule has 1 aromatic carbocycles. The lowest BCUT2D eigenvalue weighted by molar-refractivity contribution is -0.121. The molecule has 0 fully saturated rings. The number of nitrogens with two attached hydrogens (primary N) is 2. The van der Waals surface area contributed by atoms with Crippen molar-refractivity contribution in [2.24, 2.45) is 5.73 Å². The molecular weight excluding hydrogens is 378 g/mol. The van der Waals surface area contributed by atoms with Crippen molar-refractivity contribution in [3.63, 3.8) is 0 Å². The number of carbonyl (C=O) groups is 3. The third-order valence-corrected chi connectivity index (χ3v) is 5.26. The lowest BCUT2D eigenvalue weighted by Crippen LogP contribution is -2.48. The molecule has 0 saturated carbocycles. The van der Waals surface area contributed by atoms with Gasteiger partial charge in [-0.05, 0) is 50.9 Å². The summed E-state index contributed by atoms with van der Waals surface area (Å²) in [7, 11) is 0. The summed E-state index contributed by atoms with van der Waals surface area (Å²) in [5.41, 5.74) is 12.1. The van der Waals surface area contributed by atoms with Gasteiger partial charge in [-0.15, -0.1) is 0 Å². The van der Waals surface area contributed by atoms with E-state index in [1.807, 2.05) is 39.8 Å². The standard InChI is InChI=1S/C19H25N5O3S/c1-5-19(3,4)22-13(25)10-24(12-8-6-11(2)7-9-12)18(27)16-14(20)15(17(21)26)23-28-16/h6-9H,5,10,20H2,1-4H3,(H2,21,26)(H,22,25). The molecule has 0 aliphatic heterocycles. The molecular formula is C19H25N5O3S. The van der Waals surface area contributed by atoms with Gasteiger partial charge in [-0.25, -0.2) is 0 Å². The first kappa shape index (κ1) is 21.4. The first-order chi connectivity index (χ1) is 13.1. The van der Waals surface area contributed by atoms with E-state index in [0.717, 1.165) is 23.5 Å². The maximum Gasteiger partial charge on any atom is 0.272 e. The summed E-state index contributed by atoms with van der Waals surface area (Å²) in [5, 5.41) is 2.91. The second kappa shape index (κ2) is 8.39. The van der Waals surface area contributed by atoms with Crippen LogP contribution in [0.4, 0.5) is 11.4 Å². The number of aryl methyl sites for hydroxylation is 1. The summed E-state index contributed by atoms with van der Waals surface area (Å²) < 4.78 is 3.87. The van der Waals surface area contributed by atoms with Gasteiger partial charge in [-0.1, -0.05) is 24.6 Å². The predicted octanol–water partition coefficient (Wildman–Crippen LogP) is 2.08. The molecule has 2 rings (SSSR count). The maximum absolute atomic E-state index is 13.1. The minimum atomic E-state index is -0.808. The quantitative estimate of drug-likeness (QED) is 0.651. The third-order valence-electron chi connectivity index (χ3n) is 4.41. The minimum absolute atomic E-state index is 0.0666. The highest BCUT2D eigenvalue weighted by Gasteiger charge is 2.28. The third kappa shape index (κ3) is 4.86. The number of nitrogen functional groups attached to an aromatic ring is 1. The fourth-order valence-corrected chi connectivity index (χ4v) is 3.16. The number of nitrogens with one attached hydrogen (secondary N) is 1. The van der Waals surface area contributed by atoms with Crippen molar-refractivity contribution in [2.75, 3.05) is 17.2 Å². The molecule has 0 radical (unpaired) electrons. The molecule has 150 valence electrons. The summed E-state index contributed by atoms with van der Waals surface area (Å²) in [6, 6.07) is 7.18. The smallest absolute Gasteiger partial charge is 0.272 e. The Labute approximate surface area is 168 Å². The van der Waals surface area contributed by atoms with Crippen LogP contribution in [-0.4, -0.2) is 34.2 Å². The number of nitrogens with zero attached hydrogens (tertiary/aromatic N) is 2. The van der Waals surface area contributed by atoms with Crippen molar-refractivity contribution in [3.05, 3.63) is 40.4 Å². The van der Waals surface area contributed by atoms with Gasteiger partial charge in [-0.3, -0.25) is 19.3 Å². The van der Waals surface area contributed by atoms with Crippen LogP contribution in [0.1, 0.15) is 52.9 Å². The van der Waals surface area contributed by atoms with E-state index in [9.17, 15) is 14.4 Å². The Kier molecular flexibility index (Phi) is 6.40. The van der Waals surface area contributed by atoms with E-state index < -0.39 is 17.4 Å². The lowest BCUT2D eigenvalue weighted by atomic mass is 10.0. The molecule has 9 heteroatoms. The first-order valence-corrected chi connectivity index (χ1v) is 9.57. The lowest BCUT2D eigenvalue weighted by Gasteiger charge is -2.27. The average Bonchev–Trinajstić information content (AvgIpc) is 3.01. The Balaban J connectivity index is 2.38. The summed E-state index contributed by atoms with van der Waals surface area (Å²) in [6.45, 7) is 7.50. The molecule has 5 N–H and O–H groups in total. The van der Waals surface area contributed by atoms with Crippen LogP contribution in [0.3, 0.4) is 0 Å². The summed E-state index contributed by atoms with van der Waals surface area (Å²) in [5.74, 6) is -1.63. The van der Waals surface area contributed by atoms with Gasteiger partial charge in [0.25, 0.3) is 11.8 Å². The van der Waals surface area contributed by atoms with E-state index in [0.29, 0.717) is 5.69 Å². The van der Waals surface area contributed by atoms with E-state index in [2.05, 4.69) is 9.69 Å². The minimum Gasteiger partial charge on any atom is -0.395 e. The van der Waals surface area contributed by atoms with Gasteiger partial charge < -0.3 is 16.8 Å². The largest absolute Gasteiger partial charge is 0.395 e. The zero-order valence-electron chi connectivity index (χ0n) is 16.4. The normalized spacial score (nSPS) is 11.1. The molecule has 0 bridgehead atoms. The number of rotatable bonds is 7. The fraction of sp³-hybridized carbons (Fsp3) is 0.368. The molecule has 0 saturated heterocycles. The Morgan fingerprint density at radius 2 is 1.82 bits per heavy atom. The van der Waals surface area contributed by atoms with E-state index in [1.54, 1.807) is 12.1 Å². The van der Waals surface area contributed by atoms with Gasteiger partial charge in [-0.2, -0.15) is 4.37 Å². The number of carbonyl (C=O) groups excluding carboxylic acids is 3. The number of anilines is 2. The fourth-order valence-electron chi connectivity index (χ4n) is 2.41. The van der Waals surface area contributed by atoms with Gasteiger partial charge in [0.2, 0.25) is 5.91 Å². The van der Waals surface area contributed by atoms with Crippen LogP contribution >= 0.6 is 11.5 Å². The molecule has 3 amide bonds. The summed E-state index contributed by atoms with van der Waals surface area (Å²) >= 11 is 0.785. The Bertz CT molecular complexity index is 889. The number of hydrogen-bond donors (Lipinski definition) is 3. The van der Waals surface area contributed by atoms with E-state index >= 15 is 0 Å². The molecule has 1 aromatic heterocycles. The van der Waals surface area contributed by atoms with Crippen LogP contribution in [0.25, 0.3) is 0 Å². The number of primary amides is 1. The Morgan fingerprint density at radius 1 is 1.21 bits per heavy atom. The monoisotopic (exact) mass is 403 g/mol. The highest BCUT2D eigenvalue weighted by Crippen LogP contribution is 2.26. The summed E-state index contributed by atoms with van der Waals surface area (Å²) in [6.07, 6.45) is 0.737. The topological polar surface area (TPSA) is 131 Å². The van der Waals surface area contributed by atoms with Crippen molar-refractivity contribution in [3.8, 4) is 0 Å². The second-order valence-electron chi connectivity index (χ2n) is 7.15. The number of hydrogen-bond acceptors (Lipinski definition) is 6. The van der Waals surface area contributed by atoms with Crippen LogP contribution in [-0.2, 0) is 4.79 Å². The summed E-state index contributed by atoms with van der Waals surface area (Å²) in [4.78, 5) is 38.5. The SMILES string of the molecule is CCC(C)(C)NC(=O)CN(C(=O)c1snc(C(N)=O)c1N)c1ccc(C)cc1. The van der Waals surface area contributed by atoms with Crippen LogP contribution in [0.15, 0.2) is 24.3 Å². The van der Waals surface area contributed by atoms with Crippen molar-refractivity contribution < 1.29 is 14.4 Å². The molecule has 0 unspecified atom stereocenters. The molecule has 28 heavy (non-hydrogen) atoms. The van der Waals surface area contributed by atoms with E-state index in [-0.39, 0.29) is 28.7 Å². The number of aromatic nitrogens is 1. The maximum atomic E-state index is 13.1. The molecule has 0 atom stereocenters. The molecule has 8 nitrogen and oxygen atoms in total. The van der Waals surface area contributed by atoms with Crippen molar-refractivity contribution >= 4 is 40.6 Å². The van der Waals surface area contributed by atoms with E-state index in [4.69, 9.17) is 11.5 Å². The predicted molar refractivity (Wildman–Crippen MR) is 110 cm³/mol. The number of benzene rings is 1. The van der Waals surface area contributed by atoms with Gasteiger partial charge in [0.1, 0.15) is 11.4 Å². The van der Waals surface area contributed by atoms with Crippen LogP contribution in [0.5, 0.6) is 0 Å². The van der Waals surface area contributed by atoms with Crippen molar-refractivity contribution in [1.82, 2.24) is 9.69 Å². The van der Waals surface area contributed by atoms with Gasteiger partial charge in [0.05, 0.1) is 5.69 Å². The van der Waals surface area contributed by atoms with Gasteiger partial charge in [0.15, 0.2) is 5.69 Å². The Morgan fingerprint density at radius 3 is 2.32 bits per heavy atom.